The second-order valence-corrected chi connectivity index (χ2v) is 10.5. The Morgan fingerprint density at radius 1 is 0.545 bits per heavy atom. The van der Waals surface area contributed by atoms with Gasteiger partial charge in [0.25, 0.3) is 0 Å². The molecule has 0 fully saturated rings. The molecule has 0 nitrogen and oxygen atoms in total. The van der Waals surface area contributed by atoms with Crippen molar-refractivity contribution >= 4 is 23.1 Å². The monoisotopic (exact) mass is 322 g/mol. The summed E-state index contributed by atoms with van der Waals surface area (Å²) in [5.74, 6) is 0. The number of rotatable bonds is 5. The van der Waals surface area contributed by atoms with Gasteiger partial charge in [-0.25, -0.2) is 0 Å². The Morgan fingerprint density at radius 2 is 0.909 bits per heavy atom. The molecule has 0 saturated heterocycles. The Hall–Kier alpha value is -1.69. The highest BCUT2D eigenvalue weighted by atomic mass is 32.4. The van der Waals surface area contributed by atoms with E-state index in [0.29, 0.717) is 0 Å². The quantitative estimate of drug-likeness (QED) is 0.582. The van der Waals surface area contributed by atoms with Crippen LogP contribution in [0.5, 0.6) is 0 Å². The van der Waals surface area contributed by atoms with Gasteiger partial charge >= 0.3 is 0 Å². The van der Waals surface area contributed by atoms with Gasteiger partial charge in [-0.3, -0.25) is 0 Å². The van der Waals surface area contributed by atoms with Crippen LogP contribution in [-0.4, -0.2) is 0 Å². The van der Waals surface area contributed by atoms with E-state index < -0.39 is 6.04 Å². The smallest absolute Gasteiger partial charge is 0.00585 e. The van der Waals surface area contributed by atoms with Gasteiger partial charge in [0.1, 0.15) is 0 Å². The standard InChI is InChI=1S/C20H19PS/c22-21(20-14-8-3-9-15-20,16-18-10-4-1-5-11-18)17-19-12-6-2-7-13-19/h1-15H,16-17H2. The van der Waals surface area contributed by atoms with Crippen LogP contribution in [-0.2, 0) is 24.1 Å². The molecule has 0 aliphatic carbocycles. The second-order valence-electron chi connectivity index (χ2n) is 5.51. The molecule has 110 valence electrons. The molecule has 3 aromatic rings. The number of hydrogen-bond acceptors (Lipinski definition) is 1. The molecule has 22 heavy (non-hydrogen) atoms. The predicted molar refractivity (Wildman–Crippen MR) is 101 cm³/mol. The third-order valence-corrected chi connectivity index (χ3v) is 8.19. The van der Waals surface area contributed by atoms with Crippen LogP contribution in [0.2, 0.25) is 0 Å². The zero-order chi connectivity index (χ0) is 15.3. The molecule has 3 rings (SSSR count). The predicted octanol–water partition coefficient (Wildman–Crippen LogP) is 5.19. The first-order chi connectivity index (χ1) is 10.8. The van der Waals surface area contributed by atoms with Crippen LogP contribution in [0.3, 0.4) is 0 Å². The molecule has 0 aliphatic heterocycles. The van der Waals surface area contributed by atoms with Crippen molar-refractivity contribution in [2.75, 3.05) is 0 Å². The largest absolute Gasteiger partial charge is 0.0919 e. The summed E-state index contributed by atoms with van der Waals surface area (Å²) in [5, 5.41) is 1.33. The Morgan fingerprint density at radius 3 is 1.32 bits per heavy atom. The van der Waals surface area contributed by atoms with E-state index in [9.17, 15) is 0 Å². The molecule has 0 unspecified atom stereocenters. The maximum absolute atomic E-state index is 6.24. The van der Waals surface area contributed by atoms with Crippen molar-refractivity contribution in [2.24, 2.45) is 0 Å². The maximum atomic E-state index is 6.24. The lowest BCUT2D eigenvalue weighted by molar-refractivity contribution is 1.33. The molecular formula is C20H19PS. The van der Waals surface area contributed by atoms with Gasteiger partial charge in [-0.05, 0) is 22.5 Å². The van der Waals surface area contributed by atoms with Gasteiger partial charge < -0.3 is 0 Å². The van der Waals surface area contributed by atoms with Gasteiger partial charge in [-0.1, -0.05) is 103 Å². The van der Waals surface area contributed by atoms with Crippen LogP contribution >= 0.6 is 6.04 Å². The molecule has 0 saturated carbocycles. The molecular weight excluding hydrogens is 303 g/mol. The summed E-state index contributed by atoms with van der Waals surface area (Å²) < 4.78 is 0. The zero-order valence-corrected chi connectivity index (χ0v) is 14.1. The second kappa shape index (κ2) is 7.05. The van der Waals surface area contributed by atoms with Crippen LogP contribution in [0.15, 0.2) is 91.0 Å². The van der Waals surface area contributed by atoms with Crippen LogP contribution in [0.25, 0.3) is 0 Å². The third kappa shape index (κ3) is 3.74. The molecule has 0 N–H and O–H groups in total. The van der Waals surface area contributed by atoms with Crippen molar-refractivity contribution in [3.63, 3.8) is 0 Å². The highest BCUT2D eigenvalue weighted by Crippen LogP contribution is 2.51. The van der Waals surface area contributed by atoms with Crippen LogP contribution < -0.4 is 5.30 Å². The molecule has 0 atom stereocenters. The molecule has 3 aromatic carbocycles. The van der Waals surface area contributed by atoms with Crippen molar-refractivity contribution in [1.82, 2.24) is 0 Å². The highest BCUT2D eigenvalue weighted by Gasteiger charge is 2.20. The van der Waals surface area contributed by atoms with Crippen LogP contribution in [0.1, 0.15) is 11.1 Å². The lowest BCUT2D eigenvalue weighted by Gasteiger charge is -2.23. The minimum Gasteiger partial charge on any atom is -0.0919 e. The Bertz CT molecular complexity index is 706. The van der Waals surface area contributed by atoms with E-state index in [1.807, 2.05) is 0 Å². The van der Waals surface area contributed by atoms with Gasteiger partial charge in [0.05, 0.1) is 0 Å². The van der Waals surface area contributed by atoms with Crippen molar-refractivity contribution in [3.05, 3.63) is 102 Å². The van der Waals surface area contributed by atoms with E-state index in [4.69, 9.17) is 11.8 Å². The van der Waals surface area contributed by atoms with E-state index >= 15 is 0 Å². The summed E-state index contributed by atoms with van der Waals surface area (Å²) in [6.45, 7) is 0. The van der Waals surface area contributed by atoms with E-state index in [1.165, 1.54) is 16.4 Å². The van der Waals surface area contributed by atoms with E-state index in [1.54, 1.807) is 0 Å². The molecule has 0 aliphatic rings. The molecule has 0 bridgehead atoms. The Balaban J connectivity index is 1.97. The lowest BCUT2D eigenvalue weighted by Crippen LogP contribution is -2.08. The zero-order valence-electron chi connectivity index (χ0n) is 12.4. The van der Waals surface area contributed by atoms with Gasteiger partial charge in [0, 0.05) is 12.3 Å². The highest BCUT2D eigenvalue weighted by molar-refractivity contribution is 8.17. The minimum atomic E-state index is -1.68. The Labute approximate surface area is 137 Å². The van der Waals surface area contributed by atoms with Crippen LogP contribution in [0.4, 0.5) is 0 Å². The molecule has 0 amide bonds. The van der Waals surface area contributed by atoms with Crippen molar-refractivity contribution < 1.29 is 0 Å². The summed E-state index contributed by atoms with van der Waals surface area (Å²) in [5.41, 5.74) is 2.68. The summed E-state index contributed by atoms with van der Waals surface area (Å²) >= 11 is 6.24. The number of hydrogen-bond donors (Lipinski definition) is 0. The topological polar surface area (TPSA) is 0 Å². The van der Waals surface area contributed by atoms with Gasteiger partial charge in [-0.2, -0.15) is 0 Å². The number of benzene rings is 3. The minimum absolute atomic E-state index is 0.974. The summed E-state index contributed by atoms with van der Waals surface area (Å²) in [6, 6.07) is 30.3. The normalized spacial score (nSPS) is 11.3. The van der Waals surface area contributed by atoms with E-state index in [-0.39, 0.29) is 0 Å². The first-order valence-corrected chi connectivity index (χ1v) is 10.7. The summed E-state index contributed by atoms with van der Waals surface area (Å²) in [7, 11) is 0. The summed E-state index contributed by atoms with van der Waals surface area (Å²) in [4.78, 5) is 0. The van der Waals surface area contributed by atoms with E-state index in [0.717, 1.165) is 12.3 Å². The Kier molecular flexibility index (Phi) is 4.87. The van der Waals surface area contributed by atoms with Crippen LogP contribution in [0, 0.1) is 0 Å². The van der Waals surface area contributed by atoms with Gasteiger partial charge in [0.15, 0.2) is 0 Å². The average Bonchev–Trinajstić information content (AvgIpc) is 2.57. The van der Waals surface area contributed by atoms with Crippen molar-refractivity contribution in [3.8, 4) is 0 Å². The fraction of sp³-hybridized carbons (Fsp3) is 0.100. The maximum Gasteiger partial charge on any atom is 0.00585 e. The molecule has 2 heteroatoms. The first kappa shape index (κ1) is 15.2. The summed E-state index contributed by atoms with van der Waals surface area (Å²) in [6.07, 6.45) is 1.95. The molecule has 0 aromatic heterocycles. The lowest BCUT2D eigenvalue weighted by atomic mass is 10.2. The fourth-order valence-corrected chi connectivity index (χ4v) is 6.75. The molecule has 0 heterocycles. The third-order valence-electron chi connectivity index (χ3n) is 3.79. The molecule has 0 radical (unpaired) electrons. The first-order valence-electron chi connectivity index (χ1n) is 7.48. The SMILES string of the molecule is S=P(Cc1ccccc1)(Cc1ccccc1)c1ccccc1. The molecule has 0 spiro atoms. The van der Waals surface area contributed by atoms with E-state index in [2.05, 4.69) is 91.0 Å². The van der Waals surface area contributed by atoms with Gasteiger partial charge in [0.2, 0.25) is 0 Å². The van der Waals surface area contributed by atoms with Crippen molar-refractivity contribution in [1.29, 1.82) is 0 Å². The fourth-order valence-electron chi connectivity index (χ4n) is 2.69. The van der Waals surface area contributed by atoms with Crippen molar-refractivity contribution in [2.45, 2.75) is 12.3 Å². The van der Waals surface area contributed by atoms with Gasteiger partial charge in [-0.15, -0.1) is 0 Å². The average molecular weight is 322 g/mol.